The Morgan fingerprint density at radius 2 is 1.45 bits per heavy atom. The van der Waals surface area contributed by atoms with Gasteiger partial charge < -0.3 is 15.1 Å². The maximum absolute atomic E-state index is 12.9. The van der Waals surface area contributed by atoms with E-state index in [0.29, 0.717) is 32.1 Å². The first-order chi connectivity index (χ1) is 14.9. The average Bonchev–Trinajstić information content (AvgIpc) is 2.74. The molecular weight excluding hydrogens is 386 g/mol. The molecule has 4 rings (SSSR count). The summed E-state index contributed by atoms with van der Waals surface area (Å²) in [5.41, 5.74) is 6.13. The van der Waals surface area contributed by atoms with Crippen molar-refractivity contribution in [3.05, 3.63) is 76.5 Å². The number of aryl methyl sites for hydroxylation is 4. The molecule has 0 aliphatic carbocycles. The molecule has 3 aromatic rings. The molecule has 1 aliphatic heterocycles. The summed E-state index contributed by atoms with van der Waals surface area (Å²) in [6.45, 7) is 10.8. The molecule has 0 spiro atoms. The van der Waals surface area contributed by atoms with E-state index in [1.54, 1.807) is 0 Å². The predicted octanol–water partition coefficient (Wildman–Crippen LogP) is 4.42. The Kier molecular flexibility index (Phi) is 5.89. The highest BCUT2D eigenvalue weighted by atomic mass is 16.2. The Bertz CT molecular complexity index is 1070. The van der Waals surface area contributed by atoms with Gasteiger partial charge in [-0.25, -0.2) is 4.98 Å². The number of piperazine rings is 1. The van der Waals surface area contributed by atoms with Gasteiger partial charge in [0.15, 0.2) is 0 Å². The van der Waals surface area contributed by atoms with Gasteiger partial charge in [-0.2, -0.15) is 4.98 Å². The molecule has 1 fully saturated rings. The molecule has 0 atom stereocenters. The van der Waals surface area contributed by atoms with E-state index in [1.807, 2.05) is 56.0 Å². The number of hydrogen-bond donors (Lipinski definition) is 1. The number of aromatic nitrogens is 2. The van der Waals surface area contributed by atoms with E-state index >= 15 is 0 Å². The molecule has 1 aliphatic rings. The molecule has 1 saturated heterocycles. The number of benzene rings is 2. The maximum atomic E-state index is 12.9. The third kappa shape index (κ3) is 5.02. The minimum atomic E-state index is 0.0957. The van der Waals surface area contributed by atoms with Crippen LogP contribution in [0, 0.1) is 27.7 Å². The normalized spacial score (nSPS) is 13.9. The van der Waals surface area contributed by atoms with Crippen LogP contribution < -0.4 is 10.2 Å². The van der Waals surface area contributed by atoms with Gasteiger partial charge in [-0.05, 0) is 52.0 Å². The number of anilines is 3. The van der Waals surface area contributed by atoms with Crippen LogP contribution in [0.1, 0.15) is 32.7 Å². The Morgan fingerprint density at radius 3 is 2.10 bits per heavy atom. The molecule has 1 N–H and O–H groups in total. The predicted molar refractivity (Wildman–Crippen MR) is 125 cm³/mol. The van der Waals surface area contributed by atoms with Crippen molar-refractivity contribution in [2.45, 2.75) is 27.7 Å². The van der Waals surface area contributed by atoms with Crippen molar-refractivity contribution in [1.82, 2.24) is 14.9 Å². The highest BCUT2D eigenvalue weighted by Crippen LogP contribution is 2.21. The summed E-state index contributed by atoms with van der Waals surface area (Å²) in [4.78, 5) is 26.4. The van der Waals surface area contributed by atoms with Gasteiger partial charge in [-0.1, -0.05) is 34.9 Å². The zero-order valence-corrected chi connectivity index (χ0v) is 18.6. The summed E-state index contributed by atoms with van der Waals surface area (Å²) >= 11 is 0. The summed E-state index contributed by atoms with van der Waals surface area (Å²) in [5.74, 6) is 1.58. The average molecular weight is 416 g/mol. The third-order valence-electron chi connectivity index (χ3n) is 5.48. The fourth-order valence-electron chi connectivity index (χ4n) is 3.93. The number of nitrogens with zero attached hydrogens (tertiary/aromatic N) is 4. The van der Waals surface area contributed by atoms with E-state index in [-0.39, 0.29) is 5.91 Å². The lowest BCUT2D eigenvalue weighted by molar-refractivity contribution is 0.0746. The van der Waals surface area contributed by atoms with Crippen molar-refractivity contribution in [2.75, 3.05) is 36.4 Å². The molecule has 1 amide bonds. The van der Waals surface area contributed by atoms with Gasteiger partial charge in [0.2, 0.25) is 5.95 Å². The number of amides is 1. The van der Waals surface area contributed by atoms with Gasteiger partial charge in [0, 0.05) is 49.2 Å². The molecule has 0 unspecified atom stereocenters. The van der Waals surface area contributed by atoms with Crippen molar-refractivity contribution < 1.29 is 4.79 Å². The number of carbonyl (C=O) groups excluding carboxylic acids is 1. The molecule has 0 radical (unpaired) electrons. The van der Waals surface area contributed by atoms with E-state index in [2.05, 4.69) is 40.3 Å². The van der Waals surface area contributed by atoms with E-state index < -0.39 is 0 Å². The van der Waals surface area contributed by atoms with Gasteiger partial charge in [0.1, 0.15) is 5.82 Å². The van der Waals surface area contributed by atoms with Crippen LogP contribution in [0.25, 0.3) is 0 Å². The Hall–Kier alpha value is -3.41. The Balaban J connectivity index is 1.44. The maximum Gasteiger partial charge on any atom is 0.253 e. The number of carbonyl (C=O) groups is 1. The first kappa shape index (κ1) is 20.8. The molecule has 1 aromatic heterocycles. The second-order valence-electron chi connectivity index (χ2n) is 8.34. The number of nitrogens with one attached hydrogen (secondary N) is 1. The molecule has 2 aromatic carbocycles. The first-order valence-electron chi connectivity index (χ1n) is 10.7. The summed E-state index contributed by atoms with van der Waals surface area (Å²) < 4.78 is 0. The second-order valence-corrected chi connectivity index (χ2v) is 8.34. The van der Waals surface area contributed by atoms with Crippen molar-refractivity contribution in [2.24, 2.45) is 0 Å². The third-order valence-corrected chi connectivity index (χ3v) is 5.48. The van der Waals surface area contributed by atoms with E-state index in [1.165, 1.54) is 5.56 Å². The minimum Gasteiger partial charge on any atom is -0.340 e. The second kappa shape index (κ2) is 8.76. The van der Waals surface area contributed by atoms with Gasteiger partial charge in [0.05, 0.1) is 0 Å². The monoisotopic (exact) mass is 415 g/mol. The molecule has 0 bridgehead atoms. The van der Waals surface area contributed by atoms with Crippen molar-refractivity contribution in [1.29, 1.82) is 0 Å². The summed E-state index contributed by atoms with van der Waals surface area (Å²) in [5, 5.41) is 3.37. The zero-order chi connectivity index (χ0) is 22.0. The van der Waals surface area contributed by atoms with Crippen LogP contribution in [0.4, 0.5) is 17.5 Å². The zero-order valence-electron chi connectivity index (χ0n) is 18.6. The van der Waals surface area contributed by atoms with E-state index in [4.69, 9.17) is 4.98 Å². The fourth-order valence-corrected chi connectivity index (χ4v) is 3.93. The molecule has 6 heteroatoms. The van der Waals surface area contributed by atoms with Crippen LogP contribution in [0.15, 0.2) is 48.5 Å². The topological polar surface area (TPSA) is 61.4 Å². The molecular formula is C25H29N5O. The van der Waals surface area contributed by atoms with Crippen LogP contribution in [0.3, 0.4) is 0 Å². The number of rotatable bonds is 4. The van der Waals surface area contributed by atoms with Crippen LogP contribution >= 0.6 is 0 Å². The first-order valence-corrected chi connectivity index (χ1v) is 10.7. The van der Waals surface area contributed by atoms with Crippen molar-refractivity contribution in [3.63, 3.8) is 0 Å². The smallest absolute Gasteiger partial charge is 0.253 e. The van der Waals surface area contributed by atoms with Crippen LogP contribution in [-0.2, 0) is 0 Å². The lowest BCUT2D eigenvalue weighted by Crippen LogP contribution is -2.49. The molecule has 0 saturated carbocycles. The Morgan fingerprint density at radius 1 is 0.806 bits per heavy atom. The summed E-state index contributed by atoms with van der Waals surface area (Å²) in [6, 6.07) is 16.2. The molecule has 6 nitrogen and oxygen atoms in total. The van der Waals surface area contributed by atoms with Crippen LogP contribution in [0.2, 0.25) is 0 Å². The van der Waals surface area contributed by atoms with Gasteiger partial charge >= 0.3 is 0 Å². The standard InChI is InChI=1S/C25H29N5O/c1-17-5-7-22(8-6-17)27-23-16-20(4)26-25(28-23)30-11-9-29(10-12-30)24(31)21-14-18(2)13-19(3)15-21/h5-8,13-16H,9-12H2,1-4H3,(H,26,27,28). The fraction of sp³-hybridized carbons (Fsp3) is 0.320. The highest BCUT2D eigenvalue weighted by Gasteiger charge is 2.24. The highest BCUT2D eigenvalue weighted by molar-refractivity contribution is 5.94. The minimum absolute atomic E-state index is 0.0957. The molecule has 31 heavy (non-hydrogen) atoms. The largest absolute Gasteiger partial charge is 0.340 e. The van der Waals surface area contributed by atoms with Gasteiger partial charge in [0.25, 0.3) is 5.91 Å². The lowest BCUT2D eigenvalue weighted by atomic mass is 10.1. The van der Waals surface area contributed by atoms with E-state index in [0.717, 1.165) is 33.9 Å². The Labute approximate surface area is 183 Å². The van der Waals surface area contributed by atoms with E-state index in [9.17, 15) is 4.79 Å². The SMILES string of the molecule is Cc1ccc(Nc2cc(C)nc(N3CCN(C(=O)c4cc(C)cc(C)c4)CC3)n2)cc1. The van der Waals surface area contributed by atoms with Crippen molar-refractivity contribution >= 4 is 23.4 Å². The van der Waals surface area contributed by atoms with Gasteiger partial charge in [-0.15, -0.1) is 0 Å². The quantitative estimate of drug-likeness (QED) is 0.684. The van der Waals surface area contributed by atoms with Gasteiger partial charge in [-0.3, -0.25) is 4.79 Å². The number of hydrogen-bond acceptors (Lipinski definition) is 5. The van der Waals surface area contributed by atoms with Crippen molar-refractivity contribution in [3.8, 4) is 0 Å². The summed E-state index contributed by atoms with van der Waals surface area (Å²) in [6.07, 6.45) is 0. The van der Waals surface area contributed by atoms with Crippen LogP contribution in [0.5, 0.6) is 0 Å². The van der Waals surface area contributed by atoms with Crippen LogP contribution in [-0.4, -0.2) is 47.0 Å². The molecule has 160 valence electrons. The lowest BCUT2D eigenvalue weighted by Gasteiger charge is -2.35. The molecule has 2 heterocycles. The summed E-state index contributed by atoms with van der Waals surface area (Å²) in [7, 11) is 0.